The van der Waals surface area contributed by atoms with Gasteiger partial charge in [0.05, 0.1) is 5.02 Å². The molecule has 0 saturated carbocycles. The summed E-state index contributed by atoms with van der Waals surface area (Å²) < 4.78 is 0. The molecule has 0 spiro atoms. The third kappa shape index (κ3) is 2.47. The van der Waals surface area contributed by atoms with Gasteiger partial charge in [0.2, 0.25) is 0 Å². The van der Waals surface area contributed by atoms with Crippen LogP contribution in [0.5, 0.6) is 0 Å². The van der Waals surface area contributed by atoms with Crippen LogP contribution >= 0.6 is 22.9 Å². The smallest absolute Gasteiger partial charge is 0.146 e. The summed E-state index contributed by atoms with van der Waals surface area (Å²) in [5.74, 6) is 0. The van der Waals surface area contributed by atoms with Crippen molar-refractivity contribution in [2.24, 2.45) is 0 Å². The molecule has 0 aliphatic carbocycles. The van der Waals surface area contributed by atoms with Crippen molar-refractivity contribution in [2.45, 2.75) is 13.3 Å². The third-order valence-corrected chi connectivity index (χ3v) is 2.70. The molecule has 1 nitrogen and oxygen atoms in total. The van der Waals surface area contributed by atoms with Gasteiger partial charge in [-0.15, -0.1) is 11.3 Å². The Kier molecular flexibility index (Phi) is 3.50. The van der Waals surface area contributed by atoms with Crippen molar-refractivity contribution in [1.82, 2.24) is 0 Å². The molecule has 0 amide bonds. The lowest BCUT2D eigenvalue weighted by Crippen LogP contribution is -1.79. The van der Waals surface area contributed by atoms with E-state index in [9.17, 15) is 4.79 Å². The summed E-state index contributed by atoms with van der Waals surface area (Å²) in [5.41, 5.74) is 0.800. The standard InChI is InChI=1S/C9H9ClOS/c1-2-7(5-11)3-9-4-8(10)6-12-9/h3-6H,2H2,1H3. The number of aldehydes is 1. The van der Waals surface area contributed by atoms with Crippen molar-refractivity contribution in [3.63, 3.8) is 0 Å². The Balaban J connectivity index is 2.85. The Morgan fingerprint density at radius 1 is 1.75 bits per heavy atom. The van der Waals surface area contributed by atoms with Crippen LogP contribution < -0.4 is 0 Å². The molecule has 0 bridgehead atoms. The summed E-state index contributed by atoms with van der Waals surface area (Å²) in [6.45, 7) is 1.95. The number of allylic oxidation sites excluding steroid dienone is 1. The van der Waals surface area contributed by atoms with E-state index in [-0.39, 0.29) is 0 Å². The number of rotatable bonds is 3. The van der Waals surface area contributed by atoms with E-state index in [0.717, 1.165) is 28.2 Å². The summed E-state index contributed by atoms with van der Waals surface area (Å²) in [4.78, 5) is 11.5. The lowest BCUT2D eigenvalue weighted by Gasteiger charge is -1.89. The van der Waals surface area contributed by atoms with E-state index in [1.165, 1.54) is 0 Å². The van der Waals surface area contributed by atoms with Crippen LogP contribution in [0.25, 0.3) is 6.08 Å². The van der Waals surface area contributed by atoms with E-state index in [1.54, 1.807) is 11.3 Å². The Morgan fingerprint density at radius 3 is 2.92 bits per heavy atom. The fraction of sp³-hybridized carbons (Fsp3) is 0.222. The van der Waals surface area contributed by atoms with Crippen molar-refractivity contribution < 1.29 is 4.79 Å². The number of hydrogen-bond acceptors (Lipinski definition) is 2. The first-order chi connectivity index (χ1) is 5.76. The molecule has 1 heterocycles. The highest BCUT2D eigenvalue weighted by molar-refractivity contribution is 7.11. The van der Waals surface area contributed by atoms with E-state index in [0.29, 0.717) is 0 Å². The molecule has 0 fully saturated rings. The van der Waals surface area contributed by atoms with Gasteiger partial charge in [0.1, 0.15) is 6.29 Å². The van der Waals surface area contributed by atoms with Gasteiger partial charge in [-0.1, -0.05) is 18.5 Å². The molecule has 1 rings (SSSR count). The van der Waals surface area contributed by atoms with Gasteiger partial charge in [0.15, 0.2) is 0 Å². The van der Waals surface area contributed by atoms with Crippen molar-refractivity contribution in [1.29, 1.82) is 0 Å². The summed E-state index contributed by atoms with van der Waals surface area (Å²) in [6.07, 6.45) is 3.51. The monoisotopic (exact) mass is 200 g/mol. The van der Waals surface area contributed by atoms with Gasteiger partial charge in [-0.2, -0.15) is 0 Å². The predicted octanol–water partition coefficient (Wildman–Crippen LogP) is 3.39. The summed E-state index contributed by atoms with van der Waals surface area (Å²) in [5, 5.41) is 2.58. The molecule has 12 heavy (non-hydrogen) atoms. The molecule has 0 saturated heterocycles. The number of carbonyl (C=O) groups excluding carboxylic acids is 1. The van der Waals surface area contributed by atoms with E-state index < -0.39 is 0 Å². The van der Waals surface area contributed by atoms with Crippen LogP contribution in [0.3, 0.4) is 0 Å². The summed E-state index contributed by atoms with van der Waals surface area (Å²) in [6, 6.07) is 1.85. The lowest BCUT2D eigenvalue weighted by atomic mass is 10.2. The number of carbonyl (C=O) groups is 1. The molecule has 0 unspecified atom stereocenters. The molecule has 0 aromatic carbocycles. The van der Waals surface area contributed by atoms with E-state index in [2.05, 4.69) is 0 Å². The van der Waals surface area contributed by atoms with Gasteiger partial charge in [-0.05, 0) is 24.1 Å². The fourth-order valence-electron chi connectivity index (χ4n) is 0.806. The second-order valence-electron chi connectivity index (χ2n) is 2.36. The Hall–Kier alpha value is -0.600. The van der Waals surface area contributed by atoms with Crippen LogP contribution in [0.15, 0.2) is 17.0 Å². The van der Waals surface area contributed by atoms with Crippen molar-refractivity contribution >= 4 is 35.3 Å². The Labute approximate surface area is 80.7 Å². The maximum Gasteiger partial charge on any atom is 0.146 e. The number of thiophene rings is 1. The maximum atomic E-state index is 10.5. The van der Waals surface area contributed by atoms with E-state index >= 15 is 0 Å². The normalized spacial score (nSPS) is 11.7. The fourth-order valence-corrected chi connectivity index (χ4v) is 1.85. The predicted molar refractivity (Wildman–Crippen MR) is 53.7 cm³/mol. The second kappa shape index (κ2) is 4.43. The summed E-state index contributed by atoms with van der Waals surface area (Å²) >= 11 is 7.26. The molecule has 0 aliphatic heterocycles. The molecule has 0 N–H and O–H groups in total. The second-order valence-corrected chi connectivity index (χ2v) is 3.74. The van der Waals surface area contributed by atoms with Gasteiger partial charge in [-0.25, -0.2) is 0 Å². The Bertz CT molecular complexity index is 301. The van der Waals surface area contributed by atoms with Crippen LogP contribution in [0, 0.1) is 0 Å². The quantitative estimate of drug-likeness (QED) is 0.540. The van der Waals surface area contributed by atoms with Crippen LogP contribution in [-0.4, -0.2) is 6.29 Å². The molecule has 0 radical (unpaired) electrons. The Morgan fingerprint density at radius 2 is 2.50 bits per heavy atom. The van der Waals surface area contributed by atoms with E-state index in [4.69, 9.17) is 11.6 Å². The molecular formula is C9H9ClOS. The van der Waals surface area contributed by atoms with Gasteiger partial charge in [-0.3, -0.25) is 4.79 Å². The highest BCUT2D eigenvalue weighted by Crippen LogP contribution is 2.21. The average Bonchev–Trinajstić information content (AvgIpc) is 2.47. The summed E-state index contributed by atoms with van der Waals surface area (Å²) in [7, 11) is 0. The number of halogens is 1. The zero-order chi connectivity index (χ0) is 8.97. The maximum absolute atomic E-state index is 10.5. The molecule has 3 heteroatoms. The molecular weight excluding hydrogens is 192 g/mol. The molecule has 64 valence electrons. The van der Waals surface area contributed by atoms with Crippen molar-refractivity contribution in [3.05, 3.63) is 26.9 Å². The average molecular weight is 201 g/mol. The first kappa shape index (κ1) is 9.49. The largest absolute Gasteiger partial charge is 0.298 e. The minimum atomic E-state index is 0.729. The van der Waals surface area contributed by atoms with Crippen molar-refractivity contribution in [2.75, 3.05) is 0 Å². The van der Waals surface area contributed by atoms with Gasteiger partial charge in [0, 0.05) is 10.3 Å². The van der Waals surface area contributed by atoms with Crippen LogP contribution in [0.2, 0.25) is 5.02 Å². The molecule has 0 atom stereocenters. The first-order valence-electron chi connectivity index (χ1n) is 3.66. The van der Waals surface area contributed by atoms with Crippen molar-refractivity contribution in [3.8, 4) is 0 Å². The highest BCUT2D eigenvalue weighted by Gasteiger charge is 1.96. The first-order valence-corrected chi connectivity index (χ1v) is 4.91. The number of hydrogen-bond donors (Lipinski definition) is 0. The minimum Gasteiger partial charge on any atom is -0.298 e. The topological polar surface area (TPSA) is 17.1 Å². The SMILES string of the molecule is CCC(C=O)=Cc1cc(Cl)cs1. The molecule has 1 aromatic heterocycles. The lowest BCUT2D eigenvalue weighted by molar-refractivity contribution is -0.104. The van der Waals surface area contributed by atoms with Crippen LogP contribution in [-0.2, 0) is 4.79 Å². The van der Waals surface area contributed by atoms with Crippen LogP contribution in [0.4, 0.5) is 0 Å². The highest BCUT2D eigenvalue weighted by atomic mass is 35.5. The molecule has 1 aromatic rings. The van der Waals surface area contributed by atoms with Gasteiger partial charge < -0.3 is 0 Å². The van der Waals surface area contributed by atoms with E-state index in [1.807, 2.05) is 24.4 Å². The molecule has 0 aliphatic rings. The zero-order valence-electron chi connectivity index (χ0n) is 6.71. The van der Waals surface area contributed by atoms with Crippen LogP contribution in [0.1, 0.15) is 18.2 Å². The third-order valence-electron chi connectivity index (χ3n) is 1.48. The zero-order valence-corrected chi connectivity index (χ0v) is 8.28. The van der Waals surface area contributed by atoms with Gasteiger partial charge >= 0.3 is 0 Å². The van der Waals surface area contributed by atoms with Gasteiger partial charge in [0.25, 0.3) is 0 Å². The minimum absolute atomic E-state index is 0.729.